The third-order valence-electron chi connectivity index (χ3n) is 5.00. The molecule has 1 unspecified atom stereocenters. The van der Waals surface area contributed by atoms with Crippen LogP contribution in [0.25, 0.3) is 0 Å². The van der Waals surface area contributed by atoms with Crippen LogP contribution in [0, 0.1) is 27.7 Å². The highest BCUT2D eigenvalue weighted by Crippen LogP contribution is 2.27. The lowest BCUT2D eigenvalue weighted by atomic mass is 10.00. The highest BCUT2D eigenvalue weighted by Gasteiger charge is 2.24. The molecule has 0 bridgehead atoms. The molecule has 0 saturated carbocycles. The van der Waals surface area contributed by atoms with Crippen LogP contribution in [-0.4, -0.2) is 8.42 Å². The number of aryl methyl sites for hydroxylation is 2. The van der Waals surface area contributed by atoms with Crippen LogP contribution < -0.4 is 4.72 Å². The molecular formula is C21H29NO2S. The first-order valence-corrected chi connectivity index (χ1v) is 10.2. The molecule has 0 aliphatic carbocycles. The van der Waals surface area contributed by atoms with Crippen molar-refractivity contribution in [3.05, 3.63) is 63.7 Å². The molecule has 2 aromatic rings. The van der Waals surface area contributed by atoms with Crippen molar-refractivity contribution >= 4 is 10.0 Å². The normalized spacial score (nSPS) is 13.3. The molecule has 3 nitrogen and oxygen atoms in total. The summed E-state index contributed by atoms with van der Waals surface area (Å²) in [5.74, 6) is 0.460. The molecule has 2 aromatic carbocycles. The second-order valence-electron chi connectivity index (χ2n) is 7.25. The molecule has 1 atom stereocenters. The smallest absolute Gasteiger partial charge is 0.207 e. The predicted molar refractivity (Wildman–Crippen MR) is 105 cm³/mol. The quantitative estimate of drug-likeness (QED) is 0.809. The summed E-state index contributed by atoms with van der Waals surface area (Å²) in [7, 11) is -3.59. The number of hydrogen-bond acceptors (Lipinski definition) is 2. The van der Waals surface area contributed by atoms with Crippen LogP contribution in [0.3, 0.4) is 0 Å². The Bertz CT molecular complexity index is 840. The fourth-order valence-electron chi connectivity index (χ4n) is 3.11. The Hall–Kier alpha value is -1.65. The van der Waals surface area contributed by atoms with E-state index in [1.54, 1.807) is 0 Å². The Morgan fingerprint density at radius 2 is 1.24 bits per heavy atom. The summed E-state index contributed by atoms with van der Waals surface area (Å²) < 4.78 is 28.9. The molecule has 0 aliphatic heterocycles. The van der Waals surface area contributed by atoms with Gasteiger partial charge in [0.15, 0.2) is 0 Å². The van der Waals surface area contributed by atoms with E-state index >= 15 is 0 Å². The van der Waals surface area contributed by atoms with E-state index in [0.717, 1.165) is 27.8 Å². The second kappa shape index (κ2) is 7.30. The van der Waals surface area contributed by atoms with Crippen LogP contribution in [-0.2, 0) is 10.0 Å². The number of rotatable bonds is 5. The summed E-state index contributed by atoms with van der Waals surface area (Å²) >= 11 is 0. The molecular weight excluding hydrogens is 330 g/mol. The largest absolute Gasteiger partial charge is 0.241 e. The summed E-state index contributed by atoms with van der Waals surface area (Å²) in [6.45, 7) is 13.8. The standard InChI is InChI=1S/C21H29NO2S/c1-13(2)19-8-10-20(11-9-19)18(7)22-25(23,24)21-16(5)14(3)12-15(4)17(21)6/h8-13,18,22H,1-7H3. The van der Waals surface area contributed by atoms with E-state index in [4.69, 9.17) is 0 Å². The minimum Gasteiger partial charge on any atom is -0.207 e. The van der Waals surface area contributed by atoms with Gasteiger partial charge in [-0.25, -0.2) is 13.1 Å². The Morgan fingerprint density at radius 3 is 1.68 bits per heavy atom. The van der Waals surface area contributed by atoms with E-state index in [1.165, 1.54) is 5.56 Å². The Labute approximate surface area is 152 Å². The molecule has 0 saturated heterocycles. The average molecular weight is 360 g/mol. The zero-order valence-electron chi connectivity index (χ0n) is 16.3. The molecule has 0 aromatic heterocycles. The van der Waals surface area contributed by atoms with E-state index in [0.29, 0.717) is 10.8 Å². The zero-order chi connectivity index (χ0) is 18.9. The van der Waals surface area contributed by atoms with Gasteiger partial charge < -0.3 is 0 Å². The molecule has 25 heavy (non-hydrogen) atoms. The minimum absolute atomic E-state index is 0.286. The molecule has 4 heteroatoms. The van der Waals surface area contributed by atoms with E-state index in [-0.39, 0.29) is 6.04 Å². The summed E-state index contributed by atoms with van der Waals surface area (Å²) in [6, 6.07) is 9.90. The van der Waals surface area contributed by atoms with Gasteiger partial charge in [-0.1, -0.05) is 44.2 Å². The first-order valence-electron chi connectivity index (χ1n) is 8.74. The van der Waals surface area contributed by atoms with E-state index < -0.39 is 10.0 Å². The average Bonchev–Trinajstić information content (AvgIpc) is 2.52. The molecule has 0 fully saturated rings. The van der Waals surface area contributed by atoms with Gasteiger partial charge in [-0.05, 0) is 73.9 Å². The van der Waals surface area contributed by atoms with Crippen LogP contribution in [0.2, 0.25) is 0 Å². The maximum atomic E-state index is 13.0. The van der Waals surface area contributed by atoms with Crippen molar-refractivity contribution in [2.75, 3.05) is 0 Å². The SMILES string of the molecule is Cc1cc(C)c(C)c(S(=O)(=O)NC(C)c2ccc(C(C)C)cc2)c1C. The number of hydrogen-bond donors (Lipinski definition) is 1. The van der Waals surface area contributed by atoms with Crippen molar-refractivity contribution in [2.24, 2.45) is 0 Å². The third-order valence-corrected chi connectivity index (χ3v) is 6.81. The lowest BCUT2D eigenvalue weighted by Crippen LogP contribution is -2.28. The van der Waals surface area contributed by atoms with Crippen molar-refractivity contribution in [2.45, 2.75) is 65.3 Å². The van der Waals surface area contributed by atoms with Crippen molar-refractivity contribution in [3.63, 3.8) is 0 Å². The number of benzene rings is 2. The maximum Gasteiger partial charge on any atom is 0.241 e. The zero-order valence-corrected chi connectivity index (χ0v) is 17.1. The summed E-state index contributed by atoms with van der Waals surface area (Å²) in [5.41, 5.74) is 5.85. The van der Waals surface area contributed by atoms with Gasteiger partial charge in [0.1, 0.15) is 0 Å². The number of sulfonamides is 1. The van der Waals surface area contributed by atoms with Gasteiger partial charge in [0, 0.05) is 6.04 Å². The number of nitrogens with one attached hydrogen (secondary N) is 1. The summed E-state index contributed by atoms with van der Waals surface area (Å²) in [5, 5.41) is 0. The first-order chi connectivity index (χ1) is 11.5. The van der Waals surface area contributed by atoms with Gasteiger partial charge in [0.05, 0.1) is 4.90 Å². The van der Waals surface area contributed by atoms with Crippen LogP contribution in [0.15, 0.2) is 35.2 Å². The van der Waals surface area contributed by atoms with Gasteiger partial charge >= 0.3 is 0 Å². The lowest BCUT2D eigenvalue weighted by Gasteiger charge is -2.20. The molecule has 1 N–H and O–H groups in total. The molecule has 0 radical (unpaired) electrons. The monoisotopic (exact) mass is 359 g/mol. The van der Waals surface area contributed by atoms with Gasteiger partial charge in [-0.2, -0.15) is 0 Å². The van der Waals surface area contributed by atoms with E-state index in [9.17, 15) is 8.42 Å². The minimum atomic E-state index is -3.59. The third kappa shape index (κ3) is 4.13. The van der Waals surface area contributed by atoms with Crippen LogP contribution in [0.1, 0.15) is 66.1 Å². The first kappa shape index (κ1) is 19.7. The van der Waals surface area contributed by atoms with Crippen molar-refractivity contribution in [1.82, 2.24) is 4.72 Å². The predicted octanol–water partition coefficient (Wildman–Crippen LogP) is 5.08. The van der Waals surface area contributed by atoms with Gasteiger partial charge in [-0.15, -0.1) is 0 Å². The fourth-order valence-corrected chi connectivity index (χ4v) is 4.96. The Balaban J connectivity index is 2.36. The van der Waals surface area contributed by atoms with Gasteiger partial charge in [0.2, 0.25) is 10.0 Å². The van der Waals surface area contributed by atoms with Crippen molar-refractivity contribution in [1.29, 1.82) is 0 Å². The Kier molecular flexibility index (Phi) is 5.75. The van der Waals surface area contributed by atoms with Gasteiger partial charge in [0.25, 0.3) is 0 Å². The van der Waals surface area contributed by atoms with Crippen LogP contribution in [0.4, 0.5) is 0 Å². The molecule has 0 spiro atoms. The van der Waals surface area contributed by atoms with Gasteiger partial charge in [-0.3, -0.25) is 0 Å². The molecule has 0 heterocycles. The maximum absolute atomic E-state index is 13.0. The van der Waals surface area contributed by atoms with Crippen molar-refractivity contribution < 1.29 is 8.42 Å². The highest BCUT2D eigenvalue weighted by atomic mass is 32.2. The Morgan fingerprint density at radius 1 is 0.800 bits per heavy atom. The summed E-state index contributed by atoms with van der Waals surface area (Å²) in [4.78, 5) is 0.413. The molecule has 2 rings (SSSR count). The highest BCUT2D eigenvalue weighted by molar-refractivity contribution is 7.89. The molecule has 136 valence electrons. The van der Waals surface area contributed by atoms with Crippen LogP contribution >= 0.6 is 0 Å². The van der Waals surface area contributed by atoms with E-state index in [2.05, 4.69) is 30.7 Å². The summed E-state index contributed by atoms with van der Waals surface area (Å²) in [6.07, 6.45) is 0. The second-order valence-corrected chi connectivity index (χ2v) is 8.90. The topological polar surface area (TPSA) is 46.2 Å². The molecule has 0 aliphatic rings. The van der Waals surface area contributed by atoms with Crippen LogP contribution in [0.5, 0.6) is 0 Å². The fraction of sp³-hybridized carbons (Fsp3) is 0.429. The van der Waals surface area contributed by atoms with Crippen molar-refractivity contribution in [3.8, 4) is 0 Å². The lowest BCUT2D eigenvalue weighted by molar-refractivity contribution is 0.565. The molecule has 0 amide bonds. The van der Waals surface area contributed by atoms with E-state index in [1.807, 2.05) is 52.8 Å².